The molecular formula is C19H17Cl2N7O. The van der Waals surface area contributed by atoms with Crippen LogP contribution in [0.2, 0.25) is 5.02 Å². The van der Waals surface area contributed by atoms with E-state index in [0.29, 0.717) is 46.4 Å². The van der Waals surface area contributed by atoms with Crippen LogP contribution in [0, 0.1) is 6.92 Å². The summed E-state index contributed by atoms with van der Waals surface area (Å²) in [6.45, 7) is 1.85. The number of aryl methyl sites for hydroxylation is 1. The third-order valence-electron chi connectivity index (χ3n) is 4.25. The SMILES string of the molecule is Cc1cc(NC(=O)CCCCl)n(-c2ncnc3c2cnn3-c2ccc(Cl)cc2)n1. The summed E-state index contributed by atoms with van der Waals surface area (Å²) in [6, 6.07) is 9.08. The Labute approximate surface area is 176 Å². The van der Waals surface area contributed by atoms with E-state index in [1.165, 1.54) is 6.33 Å². The van der Waals surface area contributed by atoms with E-state index < -0.39 is 0 Å². The molecule has 0 spiro atoms. The maximum atomic E-state index is 12.2. The molecule has 0 unspecified atom stereocenters. The second kappa shape index (κ2) is 8.18. The van der Waals surface area contributed by atoms with Gasteiger partial charge in [0.05, 0.1) is 23.0 Å². The van der Waals surface area contributed by atoms with Gasteiger partial charge in [0, 0.05) is 23.4 Å². The van der Waals surface area contributed by atoms with Crippen LogP contribution in [0.5, 0.6) is 0 Å². The number of nitrogens with one attached hydrogen (secondary N) is 1. The van der Waals surface area contributed by atoms with Crippen LogP contribution in [0.25, 0.3) is 22.5 Å². The third kappa shape index (κ3) is 3.94. The predicted molar refractivity (Wildman–Crippen MR) is 112 cm³/mol. The number of aromatic nitrogens is 6. The maximum Gasteiger partial charge on any atom is 0.225 e. The number of rotatable bonds is 6. The standard InChI is InChI=1S/C19H17Cl2N7O/c1-12-9-16(25-17(29)3-2-8-20)28(26-12)19-15-10-24-27(18(15)22-11-23-19)14-6-4-13(21)5-7-14/h4-7,9-11H,2-3,8H2,1H3,(H,25,29). The van der Waals surface area contributed by atoms with E-state index in [0.717, 1.165) is 11.4 Å². The van der Waals surface area contributed by atoms with Crippen molar-refractivity contribution in [1.82, 2.24) is 29.5 Å². The van der Waals surface area contributed by atoms with E-state index in [1.807, 2.05) is 19.1 Å². The molecule has 0 fully saturated rings. The number of carbonyl (C=O) groups is 1. The van der Waals surface area contributed by atoms with Crippen molar-refractivity contribution < 1.29 is 4.79 Å². The first kappa shape index (κ1) is 19.4. The van der Waals surface area contributed by atoms with E-state index in [2.05, 4.69) is 25.5 Å². The summed E-state index contributed by atoms with van der Waals surface area (Å²) < 4.78 is 3.29. The molecule has 3 aromatic heterocycles. The van der Waals surface area contributed by atoms with Crippen LogP contribution in [0.1, 0.15) is 18.5 Å². The van der Waals surface area contributed by atoms with Gasteiger partial charge in [0.15, 0.2) is 11.5 Å². The molecule has 4 aromatic rings. The highest BCUT2D eigenvalue weighted by atomic mass is 35.5. The average Bonchev–Trinajstić information content (AvgIpc) is 3.30. The zero-order valence-corrected chi connectivity index (χ0v) is 17.0. The number of fused-ring (bicyclic) bond motifs is 1. The largest absolute Gasteiger partial charge is 0.311 e. The molecule has 1 aromatic carbocycles. The molecule has 0 radical (unpaired) electrons. The third-order valence-corrected chi connectivity index (χ3v) is 4.77. The number of nitrogens with zero attached hydrogens (tertiary/aromatic N) is 6. The Bertz CT molecular complexity index is 1170. The first-order valence-corrected chi connectivity index (χ1v) is 9.85. The molecule has 3 heterocycles. The molecule has 1 N–H and O–H groups in total. The number of benzene rings is 1. The Hall–Kier alpha value is -2.97. The highest BCUT2D eigenvalue weighted by Crippen LogP contribution is 2.24. The topological polar surface area (TPSA) is 90.5 Å². The molecule has 0 aliphatic rings. The van der Waals surface area contributed by atoms with E-state index in [1.54, 1.807) is 33.8 Å². The van der Waals surface area contributed by atoms with Crippen LogP contribution in [0.4, 0.5) is 5.82 Å². The second-order valence-corrected chi connectivity index (χ2v) is 7.21. The van der Waals surface area contributed by atoms with Gasteiger partial charge in [-0.15, -0.1) is 11.6 Å². The van der Waals surface area contributed by atoms with Gasteiger partial charge in [0.1, 0.15) is 12.1 Å². The van der Waals surface area contributed by atoms with Gasteiger partial charge in [-0.25, -0.2) is 14.6 Å². The van der Waals surface area contributed by atoms with Crippen molar-refractivity contribution in [3.05, 3.63) is 53.6 Å². The lowest BCUT2D eigenvalue weighted by Gasteiger charge is -2.09. The molecule has 0 bridgehead atoms. The molecule has 0 aliphatic carbocycles. The van der Waals surface area contributed by atoms with Crippen molar-refractivity contribution in [2.45, 2.75) is 19.8 Å². The zero-order chi connectivity index (χ0) is 20.4. The summed E-state index contributed by atoms with van der Waals surface area (Å²) in [4.78, 5) is 20.9. The van der Waals surface area contributed by atoms with Gasteiger partial charge in [-0.3, -0.25) is 4.79 Å². The number of anilines is 1. The molecule has 10 heteroatoms. The van der Waals surface area contributed by atoms with Gasteiger partial charge in [-0.2, -0.15) is 14.9 Å². The first-order chi connectivity index (χ1) is 14.1. The lowest BCUT2D eigenvalue weighted by Crippen LogP contribution is -2.15. The minimum Gasteiger partial charge on any atom is -0.311 e. The molecule has 148 valence electrons. The van der Waals surface area contributed by atoms with Gasteiger partial charge in [-0.1, -0.05) is 11.6 Å². The van der Waals surface area contributed by atoms with Crippen molar-refractivity contribution in [2.24, 2.45) is 0 Å². The molecule has 8 nitrogen and oxygen atoms in total. The monoisotopic (exact) mass is 429 g/mol. The van der Waals surface area contributed by atoms with Crippen molar-refractivity contribution in [2.75, 3.05) is 11.2 Å². The Morgan fingerprint density at radius 1 is 1.17 bits per heavy atom. The van der Waals surface area contributed by atoms with Crippen LogP contribution in [-0.4, -0.2) is 41.3 Å². The van der Waals surface area contributed by atoms with Crippen LogP contribution < -0.4 is 5.32 Å². The number of alkyl halides is 1. The Morgan fingerprint density at radius 2 is 1.97 bits per heavy atom. The van der Waals surface area contributed by atoms with E-state index in [9.17, 15) is 4.79 Å². The second-order valence-electron chi connectivity index (χ2n) is 6.39. The van der Waals surface area contributed by atoms with Crippen molar-refractivity contribution in [3.63, 3.8) is 0 Å². The lowest BCUT2D eigenvalue weighted by molar-refractivity contribution is -0.116. The van der Waals surface area contributed by atoms with Gasteiger partial charge in [-0.05, 0) is 37.6 Å². The average molecular weight is 430 g/mol. The smallest absolute Gasteiger partial charge is 0.225 e. The first-order valence-electron chi connectivity index (χ1n) is 8.94. The molecule has 1 amide bonds. The van der Waals surface area contributed by atoms with Crippen molar-refractivity contribution in [3.8, 4) is 11.5 Å². The van der Waals surface area contributed by atoms with Crippen LogP contribution in [-0.2, 0) is 4.79 Å². The van der Waals surface area contributed by atoms with E-state index in [4.69, 9.17) is 23.2 Å². The fourth-order valence-electron chi connectivity index (χ4n) is 2.95. The summed E-state index contributed by atoms with van der Waals surface area (Å²) in [5, 5.41) is 13.1. The number of halogens is 2. The summed E-state index contributed by atoms with van der Waals surface area (Å²) in [6.07, 6.45) is 4.06. The molecule has 29 heavy (non-hydrogen) atoms. The number of hydrogen-bond donors (Lipinski definition) is 1. The molecular weight excluding hydrogens is 413 g/mol. The van der Waals surface area contributed by atoms with Gasteiger partial charge < -0.3 is 5.32 Å². The Balaban J connectivity index is 1.76. The zero-order valence-electron chi connectivity index (χ0n) is 15.5. The van der Waals surface area contributed by atoms with E-state index in [-0.39, 0.29) is 5.91 Å². The number of hydrogen-bond acceptors (Lipinski definition) is 5. The normalized spacial score (nSPS) is 11.1. The summed E-state index contributed by atoms with van der Waals surface area (Å²) in [5.41, 5.74) is 2.18. The minimum absolute atomic E-state index is 0.131. The van der Waals surface area contributed by atoms with E-state index >= 15 is 0 Å². The summed E-state index contributed by atoms with van der Waals surface area (Å²) in [5.74, 6) is 1.36. The highest BCUT2D eigenvalue weighted by molar-refractivity contribution is 6.30. The Kier molecular flexibility index (Phi) is 5.46. The minimum atomic E-state index is -0.131. The molecule has 4 rings (SSSR count). The summed E-state index contributed by atoms with van der Waals surface area (Å²) >= 11 is 11.7. The highest BCUT2D eigenvalue weighted by Gasteiger charge is 2.17. The molecule has 0 saturated carbocycles. The maximum absolute atomic E-state index is 12.2. The fraction of sp³-hybridized carbons (Fsp3) is 0.211. The van der Waals surface area contributed by atoms with Crippen LogP contribution in [0.15, 0.2) is 42.9 Å². The number of amides is 1. The van der Waals surface area contributed by atoms with Gasteiger partial charge in [0.25, 0.3) is 0 Å². The van der Waals surface area contributed by atoms with Crippen LogP contribution >= 0.6 is 23.2 Å². The lowest BCUT2D eigenvalue weighted by atomic mass is 10.3. The van der Waals surface area contributed by atoms with Crippen molar-refractivity contribution >= 4 is 46.0 Å². The molecule has 0 atom stereocenters. The Morgan fingerprint density at radius 3 is 2.72 bits per heavy atom. The fourth-order valence-corrected chi connectivity index (χ4v) is 3.21. The van der Waals surface area contributed by atoms with Crippen LogP contribution in [0.3, 0.4) is 0 Å². The molecule has 0 aliphatic heterocycles. The molecule has 0 saturated heterocycles. The van der Waals surface area contributed by atoms with Gasteiger partial charge >= 0.3 is 0 Å². The number of carbonyl (C=O) groups excluding carboxylic acids is 1. The predicted octanol–water partition coefficient (Wildman–Crippen LogP) is 3.92. The summed E-state index contributed by atoms with van der Waals surface area (Å²) in [7, 11) is 0. The quantitative estimate of drug-likeness (QED) is 0.469. The van der Waals surface area contributed by atoms with Gasteiger partial charge in [0.2, 0.25) is 5.91 Å². The van der Waals surface area contributed by atoms with Crippen molar-refractivity contribution in [1.29, 1.82) is 0 Å².